The number of aliphatic hydroxyl groups is 1. The van der Waals surface area contributed by atoms with Gasteiger partial charge in [0.15, 0.2) is 0 Å². The third-order valence-corrected chi connectivity index (χ3v) is 14.9. The monoisotopic (exact) mass is 962 g/mol. The molecule has 0 amide bonds. The van der Waals surface area contributed by atoms with Gasteiger partial charge in [-0.3, -0.25) is 14.4 Å². The fraction of sp³-hybridized carbons (Fsp3) is 0.950. The minimum absolute atomic E-state index is 0.0211. The van der Waals surface area contributed by atoms with Crippen LogP contribution in [0.25, 0.3) is 0 Å². The summed E-state index contributed by atoms with van der Waals surface area (Å²) in [5.74, 6) is -0.146. The Morgan fingerprint density at radius 3 is 1.01 bits per heavy atom. The van der Waals surface area contributed by atoms with Crippen molar-refractivity contribution in [2.75, 3.05) is 40.0 Å². The molecule has 1 aliphatic heterocycles. The van der Waals surface area contributed by atoms with Crippen LogP contribution < -0.4 is 0 Å². The molecule has 1 aliphatic rings. The van der Waals surface area contributed by atoms with E-state index in [0.717, 1.165) is 129 Å². The zero-order valence-corrected chi connectivity index (χ0v) is 45.7. The summed E-state index contributed by atoms with van der Waals surface area (Å²) in [6, 6.07) is 0. The van der Waals surface area contributed by atoms with E-state index in [-0.39, 0.29) is 23.8 Å². The molecule has 1 N–H and O–H groups in total. The van der Waals surface area contributed by atoms with Crippen molar-refractivity contribution in [3.8, 4) is 0 Å². The number of ether oxygens (including phenoxy) is 3. The van der Waals surface area contributed by atoms with Crippen LogP contribution in [0.5, 0.6) is 0 Å². The second-order valence-electron chi connectivity index (χ2n) is 21.6. The summed E-state index contributed by atoms with van der Waals surface area (Å²) in [4.78, 5) is 39.5. The fourth-order valence-electron chi connectivity index (χ4n) is 10.1. The van der Waals surface area contributed by atoms with E-state index in [4.69, 9.17) is 14.2 Å². The van der Waals surface area contributed by atoms with E-state index >= 15 is 0 Å². The van der Waals surface area contributed by atoms with Crippen LogP contribution in [-0.2, 0) is 28.6 Å². The van der Waals surface area contributed by atoms with Gasteiger partial charge in [-0.1, -0.05) is 232 Å². The molecule has 0 bridgehead atoms. The standard InChI is InChI=1S/C60H115NO7/c1-4-6-8-10-12-14-16-18-20-22-24-26-28-30-36-44-57(62)66-53-41-34-32-38-48-60(65,50-40-43-55-68-59(64)56-46-51-61(3)52-47-56)49-39-33-35-42-54-67-58(63)45-37-31-29-27-25-23-21-19-17-15-13-11-9-7-5-2/h56,65H,4-55H2,1-3H3. The summed E-state index contributed by atoms with van der Waals surface area (Å²) in [5, 5.41) is 11.8. The van der Waals surface area contributed by atoms with Gasteiger partial charge in [0.25, 0.3) is 0 Å². The molecule has 0 aromatic carbocycles. The molecule has 1 fully saturated rings. The third-order valence-electron chi connectivity index (χ3n) is 14.9. The van der Waals surface area contributed by atoms with Crippen LogP contribution in [0.2, 0.25) is 0 Å². The zero-order chi connectivity index (χ0) is 49.3. The summed E-state index contributed by atoms with van der Waals surface area (Å²) in [6.45, 7) is 7.87. The average Bonchev–Trinajstić information content (AvgIpc) is 3.33. The first-order valence-corrected chi connectivity index (χ1v) is 30.2. The van der Waals surface area contributed by atoms with Gasteiger partial charge in [-0.25, -0.2) is 0 Å². The molecule has 402 valence electrons. The molecule has 0 aromatic rings. The van der Waals surface area contributed by atoms with Crippen LogP contribution in [0.4, 0.5) is 0 Å². The smallest absolute Gasteiger partial charge is 0.309 e. The van der Waals surface area contributed by atoms with Crippen LogP contribution in [0.15, 0.2) is 0 Å². The van der Waals surface area contributed by atoms with Crippen molar-refractivity contribution in [3.63, 3.8) is 0 Å². The van der Waals surface area contributed by atoms with Crippen molar-refractivity contribution in [1.29, 1.82) is 0 Å². The lowest BCUT2D eigenvalue weighted by molar-refractivity contribution is -0.150. The first kappa shape index (κ1) is 64.3. The lowest BCUT2D eigenvalue weighted by Gasteiger charge is -2.29. The maximum Gasteiger partial charge on any atom is 0.309 e. The van der Waals surface area contributed by atoms with E-state index < -0.39 is 5.60 Å². The maximum absolute atomic E-state index is 12.6. The number of carbonyl (C=O) groups is 3. The molecular formula is C60H115NO7. The van der Waals surface area contributed by atoms with E-state index in [9.17, 15) is 19.5 Å². The van der Waals surface area contributed by atoms with Crippen LogP contribution >= 0.6 is 0 Å². The largest absolute Gasteiger partial charge is 0.466 e. The minimum Gasteiger partial charge on any atom is -0.466 e. The Hall–Kier alpha value is -1.67. The Kier molecular flexibility index (Phi) is 46.3. The minimum atomic E-state index is -0.725. The Bertz CT molecular complexity index is 1050. The average molecular weight is 963 g/mol. The molecule has 1 rings (SSSR count). The van der Waals surface area contributed by atoms with Gasteiger partial charge in [0.05, 0.1) is 31.3 Å². The lowest BCUT2D eigenvalue weighted by atomic mass is 9.85. The Labute approximate surface area is 422 Å². The number of piperidine rings is 1. The second-order valence-corrected chi connectivity index (χ2v) is 21.6. The van der Waals surface area contributed by atoms with Crippen molar-refractivity contribution in [3.05, 3.63) is 0 Å². The van der Waals surface area contributed by atoms with Crippen LogP contribution in [-0.4, -0.2) is 73.5 Å². The highest BCUT2D eigenvalue weighted by Gasteiger charge is 2.27. The normalized spacial score (nSPS) is 13.6. The number of hydrogen-bond donors (Lipinski definition) is 1. The molecule has 68 heavy (non-hydrogen) atoms. The van der Waals surface area contributed by atoms with Crippen molar-refractivity contribution in [2.24, 2.45) is 5.92 Å². The molecule has 8 nitrogen and oxygen atoms in total. The van der Waals surface area contributed by atoms with E-state index in [2.05, 4.69) is 25.8 Å². The molecule has 0 atom stereocenters. The number of esters is 3. The van der Waals surface area contributed by atoms with Crippen LogP contribution in [0, 0.1) is 5.92 Å². The summed E-state index contributed by atoms with van der Waals surface area (Å²) in [5.41, 5.74) is -0.725. The summed E-state index contributed by atoms with van der Waals surface area (Å²) in [7, 11) is 2.10. The van der Waals surface area contributed by atoms with E-state index in [1.807, 2.05) is 0 Å². The SMILES string of the molecule is CCCCCCCCCCCCCCCCCC(=O)OCCCCCCC(O)(CCCCCCOC(=O)CCCCCCCCCCCCCCCCC)CCCCOC(=O)C1CCN(C)CC1. The molecule has 0 saturated carbocycles. The predicted molar refractivity (Wildman–Crippen MR) is 287 cm³/mol. The van der Waals surface area contributed by atoms with Crippen molar-refractivity contribution in [1.82, 2.24) is 4.90 Å². The Morgan fingerprint density at radius 2 is 0.662 bits per heavy atom. The van der Waals surface area contributed by atoms with E-state index in [1.54, 1.807) is 0 Å². The number of carbonyl (C=O) groups excluding carboxylic acids is 3. The molecule has 1 saturated heterocycles. The zero-order valence-electron chi connectivity index (χ0n) is 45.7. The summed E-state index contributed by atoms with van der Waals surface area (Å²) in [6.07, 6.45) is 53.9. The predicted octanol–water partition coefficient (Wildman–Crippen LogP) is 17.3. The first-order valence-electron chi connectivity index (χ1n) is 30.2. The highest BCUT2D eigenvalue weighted by molar-refractivity contribution is 5.72. The third kappa shape index (κ3) is 43.1. The van der Waals surface area contributed by atoms with Crippen LogP contribution in [0.3, 0.4) is 0 Å². The molecule has 1 heterocycles. The molecular weight excluding hydrogens is 847 g/mol. The van der Waals surface area contributed by atoms with Gasteiger partial charge < -0.3 is 24.2 Å². The van der Waals surface area contributed by atoms with Crippen LogP contribution in [0.1, 0.15) is 316 Å². The molecule has 0 aliphatic carbocycles. The second kappa shape index (κ2) is 48.9. The van der Waals surface area contributed by atoms with Gasteiger partial charge in [0.2, 0.25) is 0 Å². The first-order chi connectivity index (χ1) is 33.3. The van der Waals surface area contributed by atoms with Gasteiger partial charge in [-0.2, -0.15) is 0 Å². The Morgan fingerprint density at radius 1 is 0.397 bits per heavy atom. The van der Waals surface area contributed by atoms with Gasteiger partial charge in [-0.15, -0.1) is 0 Å². The van der Waals surface area contributed by atoms with E-state index in [1.165, 1.54) is 167 Å². The molecule has 0 unspecified atom stereocenters. The number of likely N-dealkylation sites (tertiary alicyclic amines) is 1. The molecule has 0 spiro atoms. The van der Waals surface area contributed by atoms with Crippen molar-refractivity contribution < 1.29 is 33.7 Å². The van der Waals surface area contributed by atoms with Gasteiger partial charge in [-0.05, 0) is 90.8 Å². The van der Waals surface area contributed by atoms with Crippen molar-refractivity contribution >= 4 is 17.9 Å². The van der Waals surface area contributed by atoms with Gasteiger partial charge >= 0.3 is 17.9 Å². The van der Waals surface area contributed by atoms with Gasteiger partial charge in [0.1, 0.15) is 0 Å². The van der Waals surface area contributed by atoms with Gasteiger partial charge in [0, 0.05) is 12.8 Å². The highest BCUT2D eigenvalue weighted by atomic mass is 16.5. The highest BCUT2D eigenvalue weighted by Crippen LogP contribution is 2.29. The maximum atomic E-state index is 12.6. The summed E-state index contributed by atoms with van der Waals surface area (Å²) < 4.78 is 16.8. The number of rotatable bonds is 52. The van der Waals surface area contributed by atoms with Crippen molar-refractivity contribution in [2.45, 2.75) is 321 Å². The number of hydrogen-bond acceptors (Lipinski definition) is 8. The topological polar surface area (TPSA) is 102 Å². The molecule has 0 radical (unpaired) electrons. The summed E-state index contributed by atoms with van der Waals surface area (Å²) >= 11 is 0. The lowest BCUT2D eigenvalue weighted by Crippen LogP contribution is -2.34. The molecule has 0 aromatic heterocycles. The fourth-order valence-corrected chi connectivity index (χ4v) is 10.1. The molecule has 8 heteroatoms. The number of unbranched alkanes of at least 4 members (excludes halogenated alkanes) is 35. The van der Waals surface area contributed by atoms with E-state index in [0.29, 0.717) is 39.1 Å². The quantitative estimate of drug-likeness (QED) is 0.0365. The Balaban J connectivity index is 2.17. The number of nitrogens with zero attached hydrogens (tertiary/aromatic N) is 1.